The highest BCUT2D eigenvalue weighted by Gasteiger charge is 2.67. The Hall–Kier alpha value is -0.740. The molecule has 0 heterocycles. The second kappa shape index (κ2) is 4.42. The zero-order valence-electron chi connectivity index (χ0n) is 7.54. The van der Waals surface area contributed by atoms with E-state index in [9.17, 15) is 48.3 Å². The Morgan fingerprint density at radius 3 is 1.11 bits per heavy atom. The predicted molar refractivity (Wildman–Crippen MR) is 36.0 cm³/mol. The van der Waals surface area contributed by atoms with Gasteiger partial charge < -0.3 is 0 Å². The molecule has 0 spiro atoms. The molecule has 0 unspecified atom stereocenters. The van der Waals surface area contributed by atoms with Gasteiger partial charge in [-0.15, -0.1) is 0 Å². The number of rotatable bonds is 2. The summed E-state index contributed by atoms with van der Waals surface area (Å²) in [7, 11) is 0. The molecule has 0 N–H and O–H groups in total. The second-order valence-corrected chi connectivity index (χ2v) is 3.15. The fourth-order valence-corrected chi connectivity index (χ4v) is 0.750. The average molecular weight is 316 g/mol. The van der Waals surface area contributed by atoms with Crippen LogP contribution >= 0.6 is 11.6 Å². The number of hydrogen-bond donors (Lipinski definition) is 0. The van der Waals surface area contributed by atoms with Crippen molar-refractivity contribution < 1.29 is 48.3 Å². The molecule has 0 nitrogen and oxygen atoms in total. The van der Waals surface area contributed by atoms with Crippen LogP contribution in [0.3, 0.4) is 0 Å². The molecule has 18 heavy (non-hydrogen) atoms. The Kier molecular flexibility index (Phi) is 4.24. The van der Waals surface area contributed by atoms with Gasteiger partial charge in [0.25, 0.3) is 0 Å². The van der Waals surface area contributed by atoms with Gasteiger partial charge in [-0.05, 0) is 0 Å². The summed E-state index contributed by atoms with van der Waals surface area (Å²) in [4.78, 5) is 0. The maximum atomic E-state index is 12.4. The summed E-state index contributed by atoms with van der Waals surface area (Å²) in [5.41, 5.74) is 0. The van der Waals surface area contributed by atoms with Gasteiger partial charge in [0, 0.05) is 0 Å². The fourth-order valence-electron chi connectivity index (χ4n) is 0.525. The molecule has 0 aromatic carbocycles. The third-order valence-corrected chi connectivity index (χ3v) is 1.86. The van der Waals surface area contributed by atoms with E-state index < -0.39 is 35.1 Å². The molecule has 12 heteroatoms. The normalized spacial score (nSPS) is 16.7. The molecule has 0 aromatic rings. The first-order valence-electron chi connectivity index (χ1n) is 3.52. The van der Waals surface area contributed by atoms with Gasteiger partial charge in [0.2, 0.25) is 0 Å². The van der Waals surface area contributed by atoms with E-state index in [0.717, 1.165) is 0 Å². The Bertz CT molecular complexity index is 312. The van der Waals surface area contributed by atoms with E-state index in [1.165, 1.54) is 0 Å². The smallest absolute Gasteiger partial charge is 0.203 e. The van der Waals surface area contributed by atoms with Crippen LogP contribution in [0.15, 0.2) is 10.9 Å². The van der Waals surface area contributed by atoms with Crippen molar-refractivity contribution in [3.63, 3.8) is 0 Å². The van der Waals surface area contributed by atoms with Gasteiger partial charge in [0.15, 0.2) is 5.83 Å². The highest BCUT2D eigenvalue weighted by Crippen LogP contribution is 2.50. The van der Waals surface area contributed by atoms with Crippen molar-refractivity contribution in [2.45, 2.75) is 24.2 Å². The Labute approximate surface area is 96.0 Å². The molecule has 0 aliphatic rings. The van der Waals surface area contributed by atoms with Gasteiger partial charge in [0.05, 0.1) is 0 Å². The first-order chi connectivity index (χ1) is 7.57. The lowest BCUT2D eigenvalue weighted by atomic mass is 10.2. The summed E-state index contributed by atoms with van der Waals surface area (Å²) >= 11 is 3.95. The SMILES string of the molecule is F/C(=C(/Cl)C(F)(F)C(F)(F)F)C(F)(F)C(F)(F)F. The monoisotopic (exact) mass is 316 g/mol. The molecule has 0 radical (unpaired) electrons. The van der Waals surface area contributed by atoms with E-state index in [4.69, 9.17) is 0 Å². The lowest BCUT2D eigenvalue weighted by molar-refractivity contribution is -0.278. The maximum Gasteiger partial charge on any atom is 0.460 e. The van der Waals surface area contributed by atoms with E-state index in [2.05, 4.69) is 11.6 Å². The highest BCUT2D eigenvalue weighted by atomic mass is 35.5. The van der Waals surface area contributed by atoms with E-state index in [1.54, 1.807) is 0 Å². The molecule has 0 saturated carbocycles. The topological polar surface area (TPSA) is 0 Å². The van der Waals surface area contributed by atoms with E-state index >= 15 is 0 Å². The van der Waals surface area contributed by atoms with Crippen LogP contribution in [0.5, 0.6) is 0 Å². The second-order valence-electron chi connectivity index (χ2n) is 2.77. The van der Waals surface area contributed by atoms with Crippen LogP contribution in [-0.2, 0) is 0 Å². The van der Waals surface area contributed by atoms with Crippen molar-refractivity contribution in [2.75, 3.05) is 0 Å². The third kappa shape index (κ3) is 2.81. The summed E-state index contributed by atoms with van der Waals surface area (Å²) in [6.45, 7) is 0. The van der Waals surface area contributed by atoms with Crippen LogP contribution < -0.4 is 0 Å². The zero-order valence-corrected chi connectivity index (χ0v) is 8.29. The van der Waals surface area contributed by atoms with Crippen LogP contribution in [0.4, 0.5) is 48.3 Å². The zero-order chi connectivity index (χ0) is 15.2. The minimum atomic E-state index is -6.71. The molecular formula is C6ClF11. The molecule has 0 rings (SSSR count). The lowest BCUT2D eigenvalue weighted by Crippen LogP contribution is -2.42. The highest BCUT2D eigenvalue weighted by molar-refractivity contribution is 6.31. The van der Waals surface area contributed by atoms with Crippen LogP contribution in [0.2, 0.25) is 0 Å². The standard InChI is InChI=1S/C6ClF11/c7-1(3(9,10)5(13,14)15)2(8)4(11,12)6(16,17)18/b2-1+. The summed E-state index contributed by atoms with van der Waals surface area (Å²) in [6.07, 6.45) is -13.3. The van der Waals surface area contributed by atoms with Gasteiger partial charge in [-0.25, -0.2) is 4.39 Å². The fraction of sp³-hybridized carbons (Fsp3) is 0.667. The van der Waals surface area contributed by atoms with Crippen molar-refractivity contribution >= 4 is 11.6 Å². The molecule has 0 saturated heterocycles. The minimum absolute atomic E-state index is 3.57. The van der Waals surface area contributed by atoms with Crippen LogP contribution in [0.1, 0.15) is 0 Å². The summed E-state index contributed by atoms with van der Waals surface area (Å²) in [6, 6.07) is 0. The molecule has 0 aliphatic carbocycles. The maximum absolute atomic E-state index is 12.4. The van der Waals surface area contributed by atoms with Crippen molar-refractivity contribution in [3.8, 4) is 0 Å². The van der Waals surface area contributed by atoms with E-state index in [-0.39, 0.29) is 0 Å². The Morgan fingerprint density at radius 1 is 0.611 bits per heavy atom. The van der Waals surface area contributed by atoms with Crippen molar-refractivity contribution in [2.24, 2.45) is 0 Å². The molecular weight excluding hydrogens is 316 g/mol. The summed E-state index contributed by atoms with van der Waals surface area (Å²) in [5.74, 6) is -17.0. The largest absolute Gasteiger partial charge is 0.460 e. The molecule has 108 valence electrons. The lowest BCUT2D eigenvalue weighted by Gasteiger charge is -2.23. The van der Waals surface area contributed by atoms with E-state index in [0.29, 0.717) is 0 Å². The number of allylic oxidation sites excluding steroid dienone is 2. The van der Waals surface area contributed by atoms with Gasteiger partial charge in [0.1, 0.15) is 5.03 Å². The minimum Gasteiger partial charge on any atom is -0.203 e. The van der Waals surface area contributed by atoms with Crippen LogP contribution in [0, 0.1) is 0 Å². The van der Waals surface area contributed by atoms with Gasteiger partial charge in [-0.2, -0.15) is 43.9 Å². The molecule has 0 fully saturated rings. The summed E-state index contributed by atoms with van der Waals surface area (Å²) < 4.78 is 130. The number of alkyl halides is 10. The number of halogens is 12. The quantitative estimate of drug-likeness (QED) is 0.642. The third-order valence-electron chi connectivity index (χ3n) is 1.46. The Balaban J connectivity index is 5.81. The van der Waals surface area contributed by atoms with Gasteiger partial charge in [-0.3, -0.25) is 0 Å². The Morgan fingerprint density at radius 2 is 0.889 bits per heavy atom. The predicted octanol–water partition coefficient (Wildman–Crippen LogP) is 4.80. The molecule has 0 aromatic heterocycles. The first-order valence-corrected chi connectivity index (χ1v) is 3.90. The van der Waals surface area contributed by atoms with Crippen molar-refractivity contribution in [1.82, 2.24) is 0 Å². The molecule has 0 atom stereocenters. The average Bonchev–Trinajstić information content (AvgIpc) is 2.11. The first kappa shape index (κ1) is 17.3. The molecule has 0 aliphatic heterocycles. The molecule has 0 bridgehead atoms. The molecule has 0 amide bonds. The van der Waals surface area contributed by atoms with Crippen molar-refractivity contribution in [3.05, 3.63) is 10.9 Å². The van der Waals surface area contributed by atoms with Gasteiger partial charge >= 0.3 is 24.2 Å². The van der Waals surface area contributed by atoms with Crippen molar-refractivity contribution in [1.29, 1.82) is 0 Å². The van der Waals surface area contributed by atoms with Crippen LogP contribution in [-0.4, -0.2) is 24.2 Å². The summed E-state index contributed by atoms with van der Waals surface area (Å²) in [5, 5.41) is -3.57. The number of hydrogen-bond acceptors (Lipinski definition) is 0. The van der Waals surface area contributed by atoms with Crippen LogP contribution in [0.25, 0.3) is 0 Å². The van der Waals surface area contributed by atoms with Gasteiger partial charge in [-0.1, -0.05) is 11.6 Å². The van der Waals surface area contributed by atoms with E-state index in [1.807, 2.05) is 0 Å².